The van der Waals surface area contributed by atoms with Crippen LogP contribution >= 0.6 is 0 Å². The van der Waals surface area contributed by atoms with E-state index in [1.807, 2.05) is 63.2 Å². The molecule has 1 amide bonds. The molecule has 35 heavy (non-hydrogen) atoms. The molecular formula is C28H36N4O3. The van der Waals surface area contributed by atoms with E-state index < -0.39 is 5.60 Å². The topological polar surface area (TPSA) is 75.9 Å². The smallest absolute Gasteiger partial charge is 0.410 e. The van der Waals surface area contributed by atoms with Crippen LogP contribution in [0.5, 0.6) is 0 Å². The molecule has 1 aliphatic heterocycles. The first kappa shape index (κ1) is 24.8. The largest absolute Gasteiger partial charge is 0.444 e. The van der Waals surface area contributed by atoms with Crippen LogP contribution < -0.4 is 10.9 Å². The first-order valence-corrected chi connectivity index (χ1v) is 12.6. The van der Waals surface area contributed by atoms with E-state index in [0.29, 0.717) is 24.3 Å². The van der Waals surface area contributed by atoms with Gasteiger partial charge in [0.15, 0.2) is 0 Å². The summed E-state index contributed by atoms with van der Waals surface area (Å²) in [5, 5.41) is 3.55. The van der Waals surface area contributed by atoms with Crippen molar-refractivity contribution < 1.29 is 9.53 Å². The minimum atomic E-state index is -0.500. The molecule has 1 atom stereocenters. The maximum atomic E-state index is 13.4. The van der Waals surface area contributed by atoms with Crippen molar-refractivity contribution in [3.8, 4) is 11.1 Å². The van der Waals surface area contributed by atoms with Gasteiger partial charge in [0.2, 0.25) is 0 Å². The van der Waals surface area contributed by atoms with Crippen molar-refractivity contribution in [3.63, 3.8) is 0 Å². The van der Waals surface area contributed by atoms with Crippen molar-refractivity contribution in [2.75, 3.05) is 18.4 Å². The van der Waals surface area contributed by atoms with Crippen LogP contribution in [-0.4, -0.2) is 45.1 Å². The molecule has 4 rings (SSSR count). The number of amides is 1. The Morgan fingerprint density at radius 2 is 1.94 bits per heavy atom. The van der Waals surface area contributed by atoms with E-state index >= 15 is 0 Å². The Balaban J connectivity index is 1.53. The fraction of sp³-hybridized carbons (Fsp3) is 0.464. The van der Waals surface area contributed by atoms with Crippen molar-refractivity contribution in [2.24, 2.45) is 0 Å². The number of carbonyl (C=O) groups is 1. The second-order valence-corrected chi connectivity index (χ2v) is 10.3. The quantitative estimate of drug-likeness (QED) is 0.507. The average molecular weight is 477 g/mol. The molecule has 186 valence electrons. The van der Waals surface area contributed by atoms with Gasteiger partial charge < -0.3 is 15.0 Å². The van der Waals surface area contributed by atoms with Gasteiger partial charge in [-0.3, -0.25) is 9.20 Å². The van der Waals surface area contributed by atoms with Gasteiger partial charge in [0.1, 0.15) is 11.2 Å². The third-order valence-corrected chi connectivity index (χ3v) is 6.19. The molecule has 1 aliphatic rings. The third-order valence-electron chi connectivity index (χ3n) is 6.19. The zero-order chi connectivity index (χ0) is 25.0. The SMILES string of the molecule is CCCCc1nc2ccccn2c(=O)c1-c1ccc(NC2CCCN(C(=O)OC(C)(C)C)C2)cc1. The standard InChI is InChI=1S/C28H36N4O3/c1-5-6-11-23-25(26(33)32-18-8-7-12-24(32)30-23)20-13-15-21(16-14-20)29-22-10-9-17-31(19-22)27(34)35-28(2,3)4/h7-8,12-16,18,22,29H,5-6,9-11,17,19H2,1-4H3. The number of rotatable bonds is 6. The minimum Gasteiger partial charge on any atom is -0.444 e. The molecule has 0 spiro atoms. The summed E-state index contributed by atoms with van der Waals surface area (Å²) in [6, 6.07) is 13.8. The summed E-state index contributed by atoms with van der Waals surface area (Å²) in [7, 11) is 0. The fourth-order valence-corrected chi connectivity index (χ4v) is 4.51. The normalized spacial score (nSPS) is 16.3. The minimum absolute atomic E-state index is 0.0392. The number of hydrogen-bond acceptors (Lipinski definition) is 5. The Bertz CT molecular complexity index is 1230. The summed E-state index contributed by atoms with van der Waals surface area (Å²) < 4.78 is 7.16. The van der Waals surface area contributed by atoms with Gasteiger partial charge in [-0.15, -0.1) is 0 Å². The zero-order valence-corrected chi connectivity index (χ0v) is 21.2. The van der Waals surface area contributed by atoms with Gasteiger partial charge in [-0.05, 0) is 76.3 Å². The number of aromatic nitrogens is 2. The number of pyridine rings is 1. The van der Waals surface area contributed by atoms with Gasteiger partial charge in [0.05, 0.1) is 11.3 Å². The lowest BCUT2D eigenvalue weighted by atomic mass is 10.0. The van der Waals surface area contributed by atoms with Gasteiger partial charge in [-0.2, -0.15) is 0 Å². The maximum Gasteiger partial charge on any atom is 0.410 e. The molecule has 1 unspecified atom stereocenters. The molecular weight excluding hydrogens is 440 g/mol. The molecule has 3 aromatic rings. The molecule has 1 N–H and O–H groups in total. The van der Waals surface area contributed by atoms with Gasteiger partial charge in [-0.25, -0.2) is 9.78 Å². The number of nitrogens with one attached hydrogen (secondary N) is 1. The van der Waals surface area contributed by atoms with Crippen LogP contribution in [0.15, 0.2) is 53.5 Å². The first-order chi connectivity index (χ1) is 16.7. The van der Waals surface area contributed by atoms with Crippen LogP contribution in [0.3, 0.4) is 0 Å². The number of unbranched alkanes of at least 4 members (excludes halogenated alkanes) is 1. The van der Waals surface area contributed by atoms with E-state index in [-0.39, 0.29) is 17.7 Å². The highest BCUT2D eigenvalue weighted by Crippen LogP contribution is 2.25. The Hall–Kier alpha value is -3.35. The van der Waals surface area contributed by atoms with Crippen LogP contribution in [0.25, 0.3) is 16.8 Å². The van der Waals surface area contributed by atoms with Gasteiger partial charge in [-0.1, -0.05) is 31.5 Å². The van der Waals surface area contributed by atoms with E-state index in [9.17, 15) is 9.59 Å². The highest BCUT2D eigenvalue weighted by molar-refractivity contribution is 5.70. The summed E-state index contributed by atoms with van der Waals surface area (Å²) in [4.78, 5) is 32.4. The molecule has 0 bridgehead atoms. The van der Waals surface area contributed by atoms with Crippen molar-refractivity contribution >= 4 is 17.4 Å². The average Bonchev–Trinajstić information content (AvgIpc) is 2.83. The predicted molar refractivity (Wildman–Crippen MR) is 140 cm³/mol. The van der Waals surface area contributed by atoms with Crippen LogP contribution in [-0.2, 0) is 11.2 Å². The Kier molecular flexibility index (Phi) is 7.43. The van der Waals surface area contributed by atoms with E-state index in [0.717, 1.165) is 49.0 Å². The third kappa shape index (κ3) is 6.02. The highest BCUT2D eigenvalue weighted by Gasteiger charge is 2.27. The molecule has 1 saturated heterocycles. The molecule has 3 heterocycles. The number of benzene rings is 1. The second kappa shape index (κ2) is 10.5. The molecule has 0 aliphatic carbocycles. The Morgan fingerprint density at radius 3 is 2.66 bits per heavy atom. The van der Waals surface area contributed by atoms with Crippen LogP contribution in [0.2, 0.25) is 0 Å². The van der Waals surface area contributed by atoms with Crippen molar-refractivity contribution in [1.29, 1.82) is 0 Å². The second-order valence-electron chi connectivity index (χ2n) is 10.3. The number of carbonyl (C=O) groups excluding carboxylic acids is 1. The van der Waals surface area contributed by atoms with Crippen molar-refractivity contribution in [3.05, 3.63) is 64.7 Å². The van der Waals surface area contributed by atoms with Crippen LogP contribution in [0.1, 0.15) is 59.1 Å². The fourth-order valence-electron chi connectivity index (χ4n) is 4.51. The number of likely N-dealkylation sites (tertiary alicyclic amines) is 1. The lowest BCUT2D eigenvalue weighted by molar-refractivity contribution is 0.0206. The summed E-state index contributed by atoms with van der Waals surface area (Å²) in [6.07, 6.45) is 6.22. The number of fused-ring (bicyclic) bond motifs is 1. The predicted octanol–water partition coefficient (Wildman–Crippen LogP) is 5.52. The number of piperidine rings is 1. The molecule has 2 aromatic heterocycles. The van der Waals surface area contributed by atoms with E-state index in [1.54, 1.807) is 15.5 Å². The number of aryl methyl sites for hydroxylation is 1. The summed E-state index contributed by atoms with van der Waals surface area (Å²) >= 11 is 0. The van der Waals surface area contributed by atoms with Gasteiger partial charge in [0, 0.05) is 31.0 Å². The molecule has 1 fully saturated rings. The molecule has 0 radical (unpaired) electrons. The van der Waals surface area contributed by atoms with Gasteiger partial charge in [0.25, 0.3) is 5.56 Å². The lowest BCUT2D eigenvalue weighted by Crippen LogP contribution is -2.46. The maximum absolute atomic E-state index is 13.4. The molecule has 1 aromatic carbocycles. The van der Waals surface area contributed by atoms with Crippen LogP contribution in [0.4, 0.5) is 10.5 Å². The van der Waals surface area contributed by atoms with E-state index in [1.165, 1.54) is 0 Å². The summed E-state index contributed by atoms with van der Waals surface area (Å²) in [6.45, 7) is 9.12. The van der Waals surface area contributed by atoms with Crippen LogP contribution in [0, 0.1) is 0 Å². The van der Waals surface area contributed by atoms with E-state index in [2.05, 4.69) is 12.2 Å². The molecule has 7 nitrogen and oxygen atoms in total. The molecule has 7 heteroatoms. The van der Waals surface area contributed by atoms with Crippen molar-refractivity contribution in [2.45, 2.75) is 71.4 Å². The summed E-state index contributed by atoms with van der Waals surface area (Å²) in [5.41, 5.74) is 3.50. The molecule has 0 saturated carbocycles. The first-order valence-electron chi connectivity index (χ1n) is 12.6. The number of anilines is 1. The highest BCUT2D eigenvalue weighted by atomic mass is 16.6. The Labute approximate surface area is 207 Å². The van der Waals surface area contributed by atoms with Gasteiger partial charge >= 0.3 is 6.09 Å². The number of ether oxygens (including phenoxy) is 1. The van der Waals surface area contributed by atoms with Crippen molar-refractivity contribution in [1.82, 2.24) is 14.3 Å². The summed E-state index contributed by atoms with van der Waals surface area (Å²) in [5.74, 6) is 0. The number of nitrogens with zero attached hydrogens (tertiary/aromatic N) is 3. The monoisotopic (exact) mass is 476 g/mol. The number of hydrogen-bond donors (Lipinski definition) is 1. The lowest BCUT2D eigenvalue weighted by Gasteiger charge is -2.34. The Morgan fingerprint density at radius 1 is 1.17 bits per heavy atom. The zero-order valence-electron chi connectivity index (χ0n) is 21.2. The van der Waals surface area contributed by atoms with E-state index in [4.69, 9.17) is 9.72 Å².